The van der Waals surface area contributed by atoms with Gasteiger partial charge in [-0.05, 0) is 0 Å². The Morgan fingerprint density at radius 3 is 2.50 bits per heavy atom. The second-order valence-corrected chi connectivity index (χ2v) is 2.51. The van der Waals surface area contributed by atoms with Crippen LogP contribution < -0.4 is 11.1 Å². The average Bonchev–Trinajstić information content (AvgIpc) is 2.00. The highest BCUT2D eigenvalue weighted by Crippen LogP contribution is 1.80. The Balaban J connectivity index is 3.64. The summed E-state index contributed by atoms with van der Waals surface area (Å²) >= 11 is 0. The largest absolute Gasteiger partial charge is 0.347 e. The minimum absolute atomic E-state index is 0.0475. The van der Waals surface area contributed by atoms with Crippen LogP contribution in [0.1, 0.15) is 6.92 Å². The molecule has 0 aromatic rings. The van der Waals surface area contributed by atoms with E-state index in [-0.39, 0.29) is 18.4 Å². The highest BCUT2D eigenvalue weighted by atomic mass is 16.2. The van der Waals surface area contributed by atoms with Gasteiger partial charge in [0.1, 0.15) is 0 Å². The minimum Gasteiger partial charge on any atom is -0.347 e. The molecule has 0 saturated carbocycles. The van der Waals surface area contributed by atoms with Gasteiger partial charge < -0.3 is 16.0 Å². The fraction of sp³-hybridized carbons (Fsp3) is 0.714. The Labute approximate surface area is 71.9 Å². The molecular weight excluding hydrogens is 158 g/mol. The lowest BCUT2D eigenvalue weighted by atomic mass is 10.4. The number of hydrogen-bond acceptors (Lipinski definition) is 3. The van der Waals surface area contributed by atoms with Crippen molar-refractivity contribution in [2.45, 2.75) is 6.92 Å². The number of rotatable bonds is 4. The first kappa shape index (κ1) is 10.9. The predicted octanol–water partition coefficient (Wildman–Crippen LogP) is -1.46. The molecule has 0 atom stereocenters. The van der Waals surface area contributed by atoms with Crippen LogP contribution in [-0.4, -0.2) is 43.4 Å². The van der Waals surface area contributed by atoms with Gasteiger partial charge in [0.05, 0.1) is 6.54 Å². The van der Waals surface area contributed by atoms with Crippen molar-refractivity contribution >= 4 is 11.8 Å². The molecule has 0 aromatic heterocycles. The van der Waals surface area contributed by atoms with Crippen molar-refractivity contribution in [3.63, 3.8) is 0 Å². The zero-order chi connectivity index (χ0) is 9.56. The third-order valence-corrected chi connectivity index (χ3v) is 1.38. The summed E-state index contributed by atoms with van der Waals surface area (Å²) in [5.41, 5.74) is 5.24. The molecule has 0 radical (unpaired) electrons. The van der Waals surface area contributed by atoms with Crippen molar-refractivity contribution in [3.8, 4) is 0 Å². The molecule has 70 valence electrons. The summed E-state index contributed by atoms with van der Waals surface area (Å²) in [7, 11) is 1.65. The van der Waals surface area contributed by atoms with Crippen LogP contribution in [0.2, 0.25) is 0 Å². The fourth-order valence-electron chi connectivity index (χ4n) is 0.653. The van der Waals surface area contributed by atoms with Gasteiger partial charge in [-0.25, -0.2) is 0 Å². The molecule has 0 aliphatic carbocycles. The lowest BCUT2D eigenvalue weighted by molar-refractivity contribution is -0.131. The summed E-state index contributed by atoms with van der Waals surface area (Å²) in [4.78, 5) is 23.0. The van der Waals surface area contributed by atoms with E-state index in [1.54, 1.807) is 7.05 Å². The van der Waals surface area contributed by atoms with Crippen molar-refractivity contribution in [2.75, 3.05) is 26.7 Å². The normalized spacial score (nSPS) is 9.25. The summed E-state index contributed by atoms with van der Waals surface area (Å²) in [6, 6.07) is 0. The second-order valence-electron chi connectivity index (χ2n) is 2.51. The van der Waals surface area contributed by atoms with E-state index in [1.807, 2.05) is 0 Å². The molecule has 0 rings (SSSR count). The molecule has 0 aliphatic rings. The molecule has 2 amide bonds. The van der Waals surface area contributed by atoms with Gasteiger partial charge in [-0.2, -0.15) is 0 Å². The van der Waals surface area contributed by atoms with Gasteiger partial charge in [0.2, 0.25) is 11.8 Å². The lowest BCUT2D eigenvalue weighted by Crippen LogP contribution is -2.39. The maximum atomic E-state index is 11.1. The zero-order valence-electron chi connectivity index (χ0n) is 7.46. The molecule has 5 nitrogen and oxygen atoms in total. The maximum Gasteiger partial charge on any atom is 0.241 e. The van der Waals surface area contributed by atoms with Gasteiger partial charge in [0, 0.05) is 27.1 Å². The number of carbonyl (C=O) groups excluding carboxylic acids is 2. The predicted molar refractivity (Wildman–Crippen MR) is 45.4 cm³/mol. The third kappa shape index (κ3) is 4.68. The molecule has 3 N–H and O–H groups in total. The van der Waals surface area contributed by atoms with Crippen LogP contribution in [0.15, 0.2) is 0 Å². The SMILES string of the molecule is CC(=O)NCC(=O)N(C)CCN. The van der Waals surface area contributed by atoms with E-state index in [4.69, 9.17) is 5.73 Å². The van der Waals surface area contributed by atoms with Crippen molar-refractivity contribution in [2.24, 2.45) is 5.73 Å². The van der Waals surface area contributed by atoms with E-state index < -0.39 is 0 Å². The van der Waals surface area contributed by atoms with Crippen LogP contribution in [-0.2, 0) is 9.59 Å². The number of nitrogens with two attached hydrogens (primary N) is 1. The van der Waals surface area contributed by atoms with Gasteiger partial charge in [-0.15, -0.1) is 0 Å². The van der Waals surface area contributed by atoms with E-state index >= 15 is 0 Å². The van der Waals surface area contributed by atoms with Crippen LogP contribution in [0.4, 0.5) is 0 Å². The number of amides is 2. The van der Waals surface area contributed by atoms with Gasteiger partial charge in [-0.1, -0.05) is 0 Å². The highest BCUT2D eigenvalue weighted by Gasteiger charge is 2.06. The minimum atomic E-state index is -0.204. The standard InChI is InChI=1S/C7H15N3O2/c1-6(11)9-5-7(12)10(2)4-3-8/h3-5,8H2,1-2H3,(H,9,11). The Bertz CT molecular complexity index is 170. The van der Waals surface area contributed by atoms with Gasteiger partial charge in [0.25, 0.3) is 0 Å². The number of carbonyl (C=O) groups is 2. The molecule has 0 aromatic carbocycles. The first-order chi connectivity index (χ1) is 5.57. The monoisotopic (exact) mass is 173 g/mol. The molecule has 0 bridgehead atoms. The Hall–Kier alpha value is -1.10. The summed E-state index contributed by atoms with van der Waals surface area (Å²) in [5, 5.41) is 2.41. The fourth-order valence-corrected chi connectivity index (χ4v) is 0.653. The smallest absolute Gasteiger partial charge is 0.241 e. The number of likely N-dealkylation sites (N-methyl/N-ethyl adjacent to an activating group) is 1. The van der Waals surface area contributed by atoms with Crippen LogP contribution >= 0.6 is 0 Å². The zero-order valence-corrected chi connectivity index (χ0v) is 7.46. The van der Waals surface area contributed by atoms with Crippen molar-refractivity contribution in [1.29, 1.82) is 0 Å². The van der Waals surface area contributed by atoms with E-state index in [0.717, 1.165) is 0 Å². The summed E-state index contributed by atoms with van der Waals surface area (Å²) < 4.78 is 0. The van der Waals surface area contributed by atoms with E-state index in [2.05, 4.69) is 5.32 Å². The molecule has 0 fully saturated rings. The van der Waals surface area contributed by atoms with E-state index in [0.29, 0.717) is 13.1 Å². The molecule has 12 heavy (non-hydrogen) atoms. The van der Waals surface area contributed by atoms with Crippen LogP contribution in [0.5, 0.6) is 0 Å². The molecule has 0 aliphatic heterocycles. The Kier molecular flexibility index (Phi) is 5.03. The van der Waals surface area contributed by atoms with Crippen LogP contribution in [0.25, 0.3) is 0 Å². The third-order valence-electron chi connectivity index (χ3n) is 1.38. The molecular formula is C7H15N3O2. The second kappa shape index (κ2) is 5.54. The summed E-state index contributed by atoms with van der Waals surface area (Å²) in [6.07, 6.45) is 0. The van der Waals surface area contributed by atoms with Gasteiger partial charge in [0.15, 0.2) is 0 Å². The van der Waals surface area contributed by atoms with E-state index in [1.165, 1.54) is 11.8 Å². The quantitative estimate of drug-likeness (QED) is 0.545. The van der Waals surface area contributed by atoms with Crippen molar-refractivity contribution < 1.29 is 9.59 Å². The maximum absolute atomic E-state index is 11.1. The molecule has 0 unspecified atom stereocenters. The molecule has 0 saturated heterocycles. The number of nitrogens with zero attached hydrogens (tertiary/aromatic N) is 1. The highest BCUT2D eigenvalue weighted by molar-refractivity contribution is 5.83. The number of hydrogen-bond donors (Lipinski definition) is 2. The number of nitrogens with one attached hydrogen (secondary N) is 1. The molecule has 5 heteroatoms. The molecule has 0 heterocycles. The van der Waals surface area contributed by atoms with E-state index in [9.17, 15) is 9.59 Å². The van der Waals surface area contributed by atoms with Crippen molar-refractivity contribution in [3.05, 3.63) is 0 Å². The first-order valence-electron chi connectivity index (χ1n) is 3.76. The van der Waals surface area contributed by atoms with Gasteiger partial charge >= 0.3 is 0 Å². The van der Waals surface area contributed by atoms with Gasteiger partial charge in [-0.3, -0.25) is 9.59 Å². The lowest BCUT2D eigenvalue weighted by Gasteiger charge is -2.15. The summed E-state index contributed by atoms with van der Waals surface area (Å²) in [6.45, 7) is 2.36. The average molecular weight is 173 g/mol. The Morgan fingerprint density at radius 2 is 2.08 bits per heavy atom. The molecule has 0 spiro atoms. The first-order valence-corrected chi connectivity index (χ1v) is 3.76. The van der Waals surface area contributed by atoms with Crippen LogP contribution in [0, 0.1) is 0 Å². The van der Waals surface area contributed by atoms with Crippen molar-refractivity contribution in [1.82, 2.24) is 10.2 Å². The van der Waals surface area contributed by atoms with Crippen LogP contribution in [0.3, 0.4) is 0 Å². The summed E-state index contributed by atoms with van der Waals surface area (Å²) in [5.74, 6) is -0.333. The topological polar surface area (TPSA) is 75.4 Å². The Morgan fingerprint density at radius 1 is 1.50 bits per heavy atom.